The zero-order chi connectivity index (χ0) is 24.7. The molecule has 0 aliphatic carbocycles. The average Bonchev–Trinajstić information content (AvgIpc) is 3.22. The van der Waals surface area contributed by atoms with Crippen molar-refractivity contribution in [3.63, 3.8) is 0 Å². The zero-order valence-electron chi connectivity index (χ0n) is 18.9. The number of hydrogen-bond acceptors (Lipinski definition) is 5. The quantitative estimate of drug-likeness (QED) is 0.472. The van der Waals surface area contributed by atoms with Crippen LogP contribution in [0.1, 0.15) is 30.9 Å². The SMILES string of the molecule is COc1ccc(C(C)C)cc1S(=O)(=O)Nc1ccc2c(c1)N(S(=O)(=O)c1ccc(Cl)cc1)CC2. The fourth-order valence-corrected chi connectivity index (χ4v) is 6.75. The molecule has 0 aromatic heterocycles. The van der Waals surface area contributed by atoms with E-state index in [0.29, 0.717) is 17.1 Å². The Hall–Kier alpha value is -2.75. The summed E-state index contributed by atoms with van der Waals surface area (Å²) in [7, 11) is -6.41. The van der Waals surface area contributed by atoms with Crippen LogP contribution in [0.4, 0.5) is 11.4 Å². The number of nitrogens with one attached hydrogen (secondary N) is 1. The van der Waals surface area contributed by atoms with E-state index < -0.39 is 20.0 Å². The van der Waals surface area contributed by atoms with Gasteiger partial charge in [-0.3, -0.25) is 9.03 Å². The molecule has 0 saturated heterocycles. The third kappa shape index (κ3) is 4.60. The molecule has 34 heavy (non-hydrogen) atoms. The molecule has 3 aromatic carbocycles. The molecule has 1 aliphatic heterocycles. The molecule has 0 bridgehead atoms. The monoisotopic (exact) mass is 520 g/mol. The molecule has 4 rings (SSSR count). The summed E-state index contributed by atoms with van der Waals surface area (Å²) in [5, 5.41) is 0.439. The van der Waals surface area contributed by atoms with Gasteiger partial charge in [0.05, 0.1) is 23.4 Å². The highest BCUT2D eigenvalue weighted by atomic mass is 35.5. The van der Waals surface area contributed by atoms with Gasteiger partial charge in [-0.1, -0.05) is 37.6 Å². The molecule has 0 amide bonds. The molecule has 0 radical (unpaired) electrons. The number of benzene rings is 3. The lowest BCUT2D eigenvalue weighted by Gasteiger charge is -2.20. The van der Waals surface area contributed by atoms with Crippen LogP contribution in [-0.4, -0.2) is 30.5 Å². The highest BCUT2D eigenvalue weighted by molar-refractivity contribution is 7.93. The standard InChI is InChI=1S/C24H25ClN2O5S2/c1-16(2)18-5-11-23(32-3)24(14-18)33(28,29)26-20-8-4-17-12-13-27(22(17)15-20)34(30,31)21-9-6-19(25)7-10-21/h4-11,14-16,26H,12-13H2,1-3H3. The smallest absolute Gasteiger partial charge is 0.265 e. The predicted octanol–water partition coefficient (Wildman–Crippen LogP) is 5.02. The van der Waals surface area contributed by atoms with Gasteiger partial charge in [-0.05, 0) is 72.0 Å². The summed E-state index contributed by atoms with van der Waals surface area (Å²) in [6.45, 7) is 4.21. The number of rotatable bonds is 7. The minimum absolute atomic E-state index is 0.0207. The Kier molecular flexibility index (Phi) is 6.54. The van der Waals surface area contributed by atoms with Gasteiger partial charge in [0.1, 0.15) is 10.6 Å². The molecule has 7 nitrogen and oxygen atoms in total. The highest BCUT2D eigenvalue weighted by Gasteiger charge is 2.31. The summed E-state index contributed by atoms with van der Waals surface area (Å²) in [5.41, 5.74) is 2.38. The van der Waals surface area contributed by atoms with Crippen molar-refractivity contribution in [1.29, 1.82) is 0 Å². The molecule has 10 heteroatoms. The van der Waals surface area contributed by atoms with Crippen LogP contribution >= 0.6 is 11.6 Å². The van der Waals surface area contributed by atoms with Gasteiger partial charge in [-0.25, -0.2) is 16.8 Å². The summed E-state index contributed by atoms with van der Waals surface area (Å²) in [6.07, 6.45) is 0.527. The summed E-state index contributed by atoms with van der Waals surface area (Å²) >= 11 is 5.90. The third-order valence-corrected chi connectivity index (χ3v) is 9.22. The summed E-state index contributed by atoms with van der Waals surface area (Å²) in [4.78, 5) is 0.137. The number of methoxy groups -OCH3 is 1. The van der Waals surface area contributed by atoms with Crippen LogP contribution in [-0.2, 0) is 26.5 Å². The van der Waals surface area contributed by atoms with Crippen molar-refractivity contribution in [1.82, 2.24) is 0 Å². The number of sulfonamides is 2. The third-order valence-electron chi connectivity index (χ3n) is 5.74. The largest absolute Gasteiger partial charge is 0.495 e. The van der Waals surface area contributed by atoms with Crippen molar-refractivity contribution < 1.29 is 21.6 Å². The van der Waals surface area contributed by atoms with Crippen LogP contribution < -0.4 is 13.8 Å². The minimum atomic E-state index is -4.00. The number of anilines is 2. The van der Waals surface area contributed by atoms with Gasteiger partial charge in [-0.2, -0.15) is 0 Å². The van der Waals surface area contributed by atoms with Gasteiger partial charge >= 0.3 is 0 Å². The second-order valence-electron chi connectivity index (χ2n) is 8.30. The number of ether oxygens (including phenoxy) is 1. The van der Waals surface area contributed by atoms with E-state index in [4.69, 9.17) is 16.3 Å². The van der Waals surface area contributed by atoms with Crippen molar-refractivity contribution in [3.05, 3.63) is 76.8 Å². The first-order chi connectivity index (χ1) is 16.0. The molecule has 0 saturated carbocycles. The van der Waals surface area contributed by atoms with E-state index in [9.17, 15) is 16.8 Å². The van der Waals surface area contributed by atoms with Crippen molar-refractivity contribution in [3.8, 4) is 5.75 Å². The first-order valence-corrected chi connectivity index (χ1v) is 13.9. The van der Waals surface area contributed by atoms with Crippen molar-refractivity contribution in [2.75, 3.05) is 22.7 Å². The Bertz CT molecular complexity index is 1440. The maximum atomic E-state index is 13.3. The van der Waals surface area contributed by atoms with Gasteiger partial charge in [0.15, 0.2) is 0 Å². The summed E-state index contributed by atoms with van der Waals surface area (Å²) in [5.74, 6) is 0.358. The molecule has 3 aromatic rings. The number of fused-ring (bicyclic) bond motifs is 1. The van der Waals surface area contributed by atoms with E-state index in [2.05, 4.69) is 4.72 Å². The molecule has 1 heterocycles. The Morgan fingerprint density at radius 2 is 1.68 bits per heavy atom. The molecule has 0 fully saturated rings. The van der Waals surface area contributed by atoms with Gasteiger partial charge < -0.3 is 4.74 Å². The van der Waals surface area contributed by atoms with E-state index in [1.807, 2.05) is 19.9 Å². The number of halogens is 1. The average molecular weight is 521 g/mol. The second kappa shape index (κ2) is 9.13. The first-order valence-electron chi connectivity index (χ1n) is 10.6. The Morgan fingerprint density at radius 3 is 2.32 bits per heavy atom. The molecule has 0 atom stereocenters. The topological polar surface area (TPSA) is 92.8 Å². The molecule has 180 valence electrons. The normalized spacial score (nSPS) is 13.7. The van der Waals surface area contributed by atoms with Gasteiger partial charge in [0.2, 0.25) is 0 Å². The van der Waals surface area contributed by atoms with Crippen LogP contribution in [0.25, 0.3) is 0 Å². The van der Waals surface area contributed by atoms with Crippen LogP contribution in [0, 0.1) is 0 Å². The lowest BCUT2D eigenvalue weighted by atomic mass is 10.0. The second-order valence-corrected chi connectivity index (χ2v) is 12.2. The number of nitrogens with zero attached hydrogens (tertiary/aromatic N) is 1. The highest BCUT2D eigenvalue weighted by Crippen LogP contribution is 2.36. The van der Waals surface area contributed by atoms with Crippen molar-refractivity contribution in [2.24, 2.45) is 0 Å². The van der Waals surface area contributed by atoms with E-state index in [1.165, 1.54) is 35.7 Å². The molecule has 1 aliphatic rings. The fraction of sp³-hybridized carbons (Fsp3) is 0.250. The predicted molar refractivity (Wildman–Crippen MR) is 134 cm³/mol. The first kappa shape index (κ1) is 24.4. The molecule has 0 unspecified atom stereocenters. The van der Waals surface area contributed by atoms with Crippen LogP contribution in [0.15, 0.2) is 70.5 Å². The summed E-state index contributed by atoms with van der Waals surface area (Å²) in [6, 6.07) is 15.9. The zero-order valence-corrected chi connectivity index (χ0v) is 21.3. The lowest BCUT2D eigenvalue weighted by molar-refractivity contribution is 0.402. The van der Waals surface area contributed by atoms with Gasteiger partial charge in [-0.15, -0.1) is 0 Å². The van der Waals surface area contributed by atoms with Crippen LogP contribution in [0.5, 0.6) is 5.75 Å². The van der Waals surface area contributed by atoms with Crippen molar-refractivity contribution >= 4 is 43.0 Å². The fourth-order valence-electron chi connectivity index (χ4n) is 3.87. The Balaban J connectivity index is 1.69. The van der Waals surface area contributed by atoms with E-state index in [1.54, 1.807) is 30.3 Å². The van der Waals surface area contributed by atoms with E-state index in [-0.39, 0.29) is 33.7 Å². The maximum Gasteiger partial charge on any atom is 0.265 e. The van der Waals surface area contributed by atoms with Crippen LogP contribution in [0.3, 0.4) is 0 Å². The molecule has 0 spiro atoms. The Labute approximate surface area is 205 Å². The van der Waals surface area contributed by atoms with Gasteiger partial charge in [0.25, 0.3) is 20.0 Å². The van der Waals surface area contributed by atoms with Crippen molar-refractivity contribution in [2.45, 2.75) is 36.0 Å². The minimum Gasteiger partial charge on any atom is -0.495 e. The van der Waals surface area contributed by atoms with Crippen LogP contribution in [0.2, 0.25) is 5.02 Å². The number of hydrogen-bond donors (Lipinski definition) is 1. The van der Waals surface area contributed by atoms with E-state index >= 15 is 0 Å². The van der Waals surface area contributed by atoms with E-state index in [0.717, 1.165) is 11.1 Å². The summed E-state index contributed by atoms with van der Waals surface area (Å²) < 4.78 is 62.1. The Morgan fingerprint density at radius 1 is 0.971 bits per heavy atom. The molecular formula is C24H25ClN2O5S2. The van der Waals surface area contributed by atoms with Gasteiger partial charge in [0, 0.05) is 11.6 Å². The maximum absolute atomic E-state index is 13.3. The molecular weight excluding hydrogens is 496 g/mol. The molecule has 1 N–H and O–H groups in total. The lowest BCUT2D eigenvalue weighted by Crippen LogP contribution is -2.29.